The molecule has 4 heteroatoms. The molecule has 0 aliphatic carbocycles. The summed E-state index contributed by atoms with van der Waals surface area (Å²) in [5.74, 6) is 0.598. The highest BCUT2D eigenvalue weighted by Gasteiger charge is 2.10. The molecule has 1 rings (SSSR count). The highest BCUT2D eigenvalue weighted by atomic mass is 32.2. The van der Waals surface area contributed by atoms with Crippen molar-refractivity contribution < 1.29 is 14.6 Å². The fourth-order valence-electron chi connectivity index (χ4n) is 1.36. The normalized spacial score (nSPS) is 12.1. The summed E-state index contributed by atoms with van der Waals surface area (Å²) in [5, 5.41) is 9.10. The third kappa shape index (κ3) is 6.34. The van der Waals surface area contributed by atoms with Crippen molar-refractivity contribution >= 4 is 17.7 Å². The molecule has 17 heavy (non-hydrogen) atoms. The van der Waals surface area contributed by atoms with Gasteiger partial charge in [-0.3, -0.25) is 4.79 Å². The van der Waals surface area contributed by atoms with E-state index in [0.29, 0.717) is 13.0 Å². The molecule has 94 valence electrons. The molecule has 0 bridgehead atoms. The van der Waals surface area contributed by atoms with Gasteiger partial charge in [-0.1, -0.05) is 30.3 Å². The molecule has 0 amide bonds. The van der Waals surface area contributed by atoms with Crippen LogP contribution in [-0.4, -0.2) is 29.5 Å². The Bertz CT molecular complexity index is 327. The first-order valence-corrected chi connectivity index (χ1v) is 6.67. The second-order valence-electron chi connectivity index (χ2n) is 3.73. The van der Waals surface area contributed by atoms with E-state index >= 15 is 0 Å². The zero-order valence-corrected chi connectivity index (χ0v) is 10.8. The molecule has 0 unspecified atom stereocenters. The number of hydrogen-bond acceptors (Lipinski definition) is 4. The summed E-state index contributed by atoms with van der Waals surface area (Å²) in [6, 6.07) is 10.1. The second-order valence-corrected chi connectivity index (χ2v) is 5.02. The van der Waals surface area contributed by atoms with E-state index in [4.69, 9.17) is 9.84 Å². The third-order valence-electron chi connectivity index (χ3n) is 2.25. The number of thioether (sulfide) groups is 1. The van der Waals surface area contributed by atoms with Gasteiger partial charge in [0.1, 0.15) is 6.61 Å². The van der Waals surface area contributed by atoms with Crippen LogP contribution in [0.2, 0.25) is 0 Å². The predicted octanol–water partition coefficient (Wildman–Crippen LogP) is 2.23. The van der Waals surface area contributed by atoms with Gasteiger partial charge in [-0.25, -0.2) is 0 Å². The number of benzene rings is 1. The van der Waals surface area contributed by atoms with Crippen LogP contribution in [0.1, 0.15) is 18.9 Å². The Kier molecular flexibility index (Phi) is 6.74. The molecule has 0 fully saturated rings. The van der Waals surface area contributed by atoms with E-state index in [1.807, 2.05) is 18.2 Å². The fraction of sp³-hybridized carbons (Fsp3) is 0.462. The maximum absolute atomic E-state index is 10.7. The standard InChI is InChI=1S/C13H18O3S/c1-11(15)16-9-13(7-8-14)17-10-12-5-3-2-4-6-12/h2-6,13-14H,7-10H2,1H3/t13-/m1/s1. The average molecular weight is 254 g/mol. The maximum atomic E-state index is 10.7. The molecule has 0 radical (unpaired) electrons. The number of ether oxygens (including phenoxy) is 1. The molecule has 0 spiro atoms. The van der Waals surface area contributed by atoms with E-state index in [1.165, 1.54) is 12.5 Å². The molecule has 0 aromatic heterocycles. The topological polar surface area (TPSA) is 46.5 Å². The van der Waals surface area contributed by atoms with Crippen molar-refractivity contribution in [2.45, 2.75) is 24.3 Å². The van der Waals surface area contributed by atoms with E-state index < -0.39 is 0 Å². The lowest BCUT2D eigenvalue weighted by Gasteiger charge is -2.15. The van der Waals surface area contributed by atoms with Crippen LogP contribution in [0.4, 0.5) is 0 Å². The molecule has 0 aliphatic rings. The summed E-state index contributed by atoms with van der Waals surface area (Å²) >= 11 is 1.70. The Balaban J connectivity index is 2.36. The van der Waals surface area contributed by atoms with Crippen LogP contribution in [0, 0.1) is 0 Å². The van der Waals surface area contributed by atoms with Crippen molar-refractivity contribution in [1.82, 2.24) is 0 Å². The Hall–Kier alpha value is -1.00. The SMILES string of the molecule is CC(=O)OC[C@@H](CCO)SCc1ccccc1. The van der Waals surface area contributed by atoms with Gasteiger partial charge < -0.3 is 9.84 Å². The first-order chi connectivity index (χ1) is 8.22. The summed E-state index contributed by atoms with van der Waals surface area (Å²) in [5.41, 5.74) is 1.24. The zero-order chi connectivity index (χ0) is 12.5. The van der Waals surface area contributed by atoms with Crippen molar-refractivity contribution in [1.29, 1.82) is 0 Å². The lowest BCUT2D eigenvalue weighted by molar-refractivity contribution is -0.140. The monoisotopic (exact) mass is 254 g/mol. The molecular weight excluding hydrogens is 236 g/mol. The highest BCUT2D eigenvalue weighted by molar-refractivity contribution is 7.99. The van der Waals surface area contributed by atoms with Gasteiger partial charge in [0.25, 0.3) is 0 Å². The Morgan fingerprint density at radius 1 is 1.41 bits per heavy atom. The number of rotatable bonds is 7. The van der Waals surface area contributed by atoms with Gasteiger partial charge in [-0.2, -0.15) is 11.8 Å². The fourth-order valence-corrected chi connectivity index (χ4v) is 2.41. The minimum atomic E-state index is -0.270. The van der Waals surface area contributed by atoms with Gasteiger partial charge in [0, 0.05) is 24.5 Å². The van der Waals surface area contributed by atoms with E-state index in [0.717, 1.165) is 5.75 Å². The molecule has 0 aliphatic heterocycles. The molecular formula is C13H18O3S. The van der Waals surface area contributed by atoms with E-state index in [2.05, 4.69) is 12.1 Å². The van der Waals surface area contributed by atoms with Gasteiger partial charge in [0.15, 0.2) is 0 Å². The summed E-state index contributed by atoms with van der Waals surface area (Å²) in [6.07, 6.45) is 0.644. The van der Waals surface area contributed by atoms with Crippen LogP contribution in [0.15, 0.2) is 30.3 Å². The predicted molar refractivity (Wildman–Crippen MR) is 69.9 cm³/mol. The molecule has 1 aromatic rings. The quantitative estimate of drug-likeness (QED) is 0.758. The van der Waals surface area contributed by atoms with Crippen LogP contribution >= 0.6 is 11.8 Å². The van der Waals surface area contributed by atoms with Crippen molar-refractivity contribution in [3.05, 3.63) is 35.9 Å². The second kappa shape index (κ2) is 8.14. The van der Waals surface area contributed by atoms with Crippen molar-refractivity contribution in [2.75, 3.05) is 13.2 Å². The minimum Gasteiger partial charge on any atom is -0.465 e. The minimum absolute atomic E-state index is 0.119. The van der Waals surface area contributed by atoms with Crippen molar-refractivity contribution in [2.24, 2.45) is 0 Å². The van der Waals surface area contributed by atoms with Gasteiger partial charge in [0.05, 0.1) is 0 Å². The summed E-state index contributed by atoms with van der Waals surface area (Å²) in [7, 11) is 0. The lowest BCUT2D eigenvalue weighted by atomic mass is 10.2. The summed E-state index contributed by atoms with van der Waals surface area (Å²) < 4.78 is 4.97. The number of esters is 1. The zero-order valence-electron chi connectivity index (χ0n) is 9.96. The van der Waals surface area contributed by atoms with Crippen LogP contribution in [0.5, 0.6) is 0 Å². The van der Waals surface area contributed by atoms with Crippen LogP contribution in [-0.2, 0) is 15.3 Å². The molecule has 3 nitrogen and oxygen atoms in total. The first kappa shape index (κ1) is 14.1. The largest absolute Gasteiger partial charge is 0.465 e. The van der Waals surface area contributed by atoms with Gasteiger partial charge >= 0.3 is 5.97 Å². The van der Waals surface area contributed by atoms with E-state index in [9.17, 15) is 4.79 Å². The number of carbonyl (C=O) groups excluding carboxylic acids is 1. The molecule has 1 atom stereocenters. The molecule has 0 saturated heterocycles. The van der Waals surface area contributed by atoms with Gasteiger partial charge in [-0.05, 0) is 12.0 Å². The van der Waals surface area contributed by atoms with Gasteiger partial charge in [0.2, 0.25) is 0 Å². The number of hydrogen-bond donors (Lipinski definition) is 1. The van der Waals surface area contributed by atoms with E-state index in [1.54, 1.807) is 11.8 Å². The average Bonchev–Trinajstić information content (AvgIpc) is 2.34. The lowest BCUT2D eigenvalue weighted by Crippen LogP contribution is -2.16. The highest BCUT2D eigenvalue weighted by Crippen LogP contribution is 2.20. The van der Waals surface area contributed by atoms with Crippen LogP contribution < -0.4 is 0 Å². The Labute approximate surface area is 106 Å². The van der Waals surface area contributed by atoms with Crippen LogP contribution in [0.3, 0.4) is 0 Å². The first-order valence-electron chi connectivity index (χ1n) is 5.62. The smallest absolute Gasteiger partial charge is 0.302 e. The van der Waals surface area contributed by atoms with Gasteiger partial charge in [-0.15, -0.1) is 0 Å². The van der Waals surface area contributed by atoms with Crippen molar-refractivity contribution in [3.63, 3.8) is 0 Å². The number of aliphatic hydroxyl groups excluding tert-OH is 1. The third-order valence-corrected chi connectivity index (χ3v) is 3.60. The maximum Gasteiger partial charge on any atom is 0.302 e. The summed E-state index contributed by atoms with van der Waals surface area (Å²) in [6.45, 7) is 1.89. The Morgan fingerprint density at radius 3 is 2.71 bits per heavy atom. The molecule has 1 N–H and O–H groups in total. The number of aliphatic hydroxyl groups is 1. The molecule has 0 heterocycles. The van der Waals surface area contributed by atoms with E-state index in [-0.39, 0.29) is 17.8 Å². The Morgan fingerprint density at radius 2 is 2.12 bits per heavy atom. The molecule has 0 saturated carbocycles. The van der Waals surface area contributed by atoms with Crippen molar-refractivity contribution in [3.8, 4) is 0 Å². The summed E-state index contributed by atoms with van der Waals surface area (Å²) in [4.78, 5) is 10.7. The molecule has 1 aromatic carbocycles. The van der Waals surface area contributed by atoms with Crippen LogP contribution in [0.25, 0.3) is 0 Å². The number of carbonyl (C=O) groups is 1.